The first-order chi connectivity index (χ1) is 15.5. The molecule has 0 aliphatic rings. The number of allylic oxidation sites excluding steroid dienone is 2. The molecule has 32 heavy (non-hydrogen) atoms. The molecule has 2 N–H and O–H groups in total. The highest BCUT2D eigenvalue weighted by molar-refractivity contribution is 6.31. The van der Waals surface area contributed by atoms with Gasteiger partial charge in [-0.2, -0.15) is 0 Å². The number of para-hydroxylation sites is 1. The summed E-state index contributed by atoms with van der Waals surface area (Å²) >= 11 is 6.34. The number of rotatable bonds is 9. The second kappa shape index (κ2) is 10.6. The number of aryl methyl sites for hydroxylation is 1. The third-order valence-electron chi connectivity index (χ3n) is 4.75. The number of carbonyl (C=O) groups excluding carboxylic acids is 1. The Bertz CT molecular complexity index is 1180. The van der Waals surface area contributed by atoms with Gasteiger partial charge in [-0.3, -0.25) is 9.78 Å². The smallest absolute Gasteiger partial charge is 0.257 e. The van der Waals surface area contributed by atoms with Crippen molar-refractivity contribution in [1.29, 1.82) is 0 Å². The van der Waals surface area contributed by atoms with Crippen LogP contribution in [0, 0.1) is 6.92 Å². The van der Waals surface area contributed by atoms with E-state index < -0.39 is 0 Å². The predicted molar refractivity (Wildman–Crippen MR) is 127 cm³/mol. The van der Waals surface area contributed by atoms with Gasteiger partial charge in [-0.1, -0.05) is 36.4 Å². The lowest BCUT2D eigenvalue weighted by molar-refractivity contribution is -0.122. The zero-order valence-electron chi connectivity index (χ0n) is 18.2. The minimum atomic E-state index is -0.258. The number of aromatic nitrogens is 2. The quantitative estimate of drug-likeness (QED) is 0.476. The molecule has 2 aromatic heterocycles. The fourth-order valence-electron chi connectivity index (χ4n) is 3.19. The number of ether oxygens (including phenoxy) is 2. The Labute approximate surface area is 192 Å². The molecule has 3 rings (SSSR count). The van der Waals surface area contributed by atoms with Gasteiger partial charge in [0.15, 0.2) is 6.61 Å². The Hall–Kier alpha value is -3.58. The molecule has 0 saturated heterocycles. The average Bonchev–Trinajstić information content (AvgIpc) is 2.80. The maximum Gasteiger partial charge on any atom is 0.257 e. The molecule has 0 atom stereocenters. The molecule has 0 radical (unpaired) electrons. The Morgan fingerprint density at radius 3 is 2.72 bits per heavy atom. The highest BCUT2D eigenvalue weighted by Crippen LogP contribution is 2.32. The topological polar surface area (TPSA) is 85.4 Å². The fourth-order valence-corrected chi connectivity index (χ4v) is 3.39. The molecule has 0 fully saturated rings. The predicted octanol–water partition coefficient (Wildman–Crippen LogP) is 4.04. The lowest BCUT2D eigenvalue weighted by atomic mass is 10.0. The van der Waals surface area contributed by atoms with E-state index in [-0.39, 0.29) is 19.1 Å². The largest absolute Gasteiger partial charge is 0.486 e. The molecule has 2 heterocycles. The van der Waals surface area contributed by atoms with Crippen molar-refractivity contribution in [2.45, 2.75) is 13.5 Å². The number of hydrogen-bond donors (Lipinski definition) is 2. The molecular weight excluding hydrogens is 428 g/mol. The van der Waals surface area contributed by atoms with E-state index in [1.165, 1.54) is 12.4 Å². The lowest BCUT2D eigenvalue weighted by Crippen LogP contribution is -2.25. The van der Waals surface area contributed by atoms with E-state index in [1.807, 2.05) is 44.3 Å². The number of carbonyl (C=O) groups is 1. The van der Waals surface area contributed by atoms with E-state index >= 15 is 0 Å². The molecule has 0 bridgehead atoms. The van der Waals surface area contributed by atoms with Crippen LogP contribution in [-0.2, 0) is 11.4 Å². The van der Waals surface area contributed by atoms with Crippen LogP contribution in [0.1, 0.15) is 16.8 Å². The number of amides is 1. The molecular formula is C24H25ClN4O3. The highest BCUT2D eigenvalue weighted by Gasteiger charge is 2.15. The maximum atomic E-state index is 11.6. The Morgan fingerprint density at radius 1 is 1.19 bits per heavy atom. The first-order valence-corrected chi connectivity index (χ1v) is 10.4. The van der Waals surface area contributed by atoms with Crippen molar-refractivity contribution < 1.29 is 14.3 Å². The molecule has 7 nitrogen and oxygen atoms in total. The van der Waals surface area contributed by atoms with Gasteiger partial charge >= 0.3 is 0 Å². The van der Waals surface area contributed by atoms with Crippen molar-refractivity contribution in [3.63, 3.8) is 0 Å². The third-order valence-corrected chi connectivity index (χ3v) is 5.08. The first-order valence-electron chi connectivity index (χ1n) is 9.98. The molecule has 0 unspecified atom stereocenters. The molecule has 1 amide bonds. The normalized spacial score (nSPS) is 11.2. The fraction of sp³-hybridized carbons (Fsp3) is 0.208. The van der Waals surface area contributed by atoms with Gasteiger partial charge in [0.05, 0.1) is 16.8 Å². The summed E-state index contributed by atoms with van der Waals surface area (Å²) in [6, 6.07) is 7.78. The van der Waals surface area contributed by atoms with E-state index in [1.54, 1.807) is 13.1 Å². The Morgan fingerprint density at radius 2 is 2.00 bits per heavy atom. The van der Waals surface area contributed by atoms with Gasteiger partial charge in [-0.25, -0.2) is 4.98 Å². The number of benzene rings is 1. The van der Waals surface area contributed by atoms with Crippen LogP contribution < -0.4 is 20.1 Å². The number of nitrogens with one attached hydrogen (secondary N) is 2. The van der Waals surface area contributed by atoms with Crippen LogP contribution in [0.15, 0.2) is 55.4 Å². The minimum absolute atomic E-state index is 0.121. The van der Waals surface area contributed by atoms with Crippen molar-refractivity contribution in [3.05, 3.63) is 77.2 Å². The second-order valence-electron chi connectivity index (χ2n) is 6.88. The third kappa shape index (κ3) is 5.18. The van der Waals surface area contributed by atoms with Crippen LogP contribution >= 0.6 is 11.6 Å². The van der Waals surface area contributed by atoms with Crippen LogP contribution in [0.4, 0.5) is 0 Å². The number of hydrogen-bond acceptors (Lipinski definition) is 6. The number of nitrogens with zero attached hydrogens (tertiary/aromatic N) is 2. The van der Waals surface area contributed by atoms with Gasteiger partial charge in [0.1, 0.15) is 23.6 Å². The summed E-state index contributed by atoms with van der Waals surface area (Å²) in [5, 5.41) is 7.04. The van der Waals surface area contributed by atoms with Crippen LogP contribution in [0.25, 0.3) is 16.6 Å². The van der Waals surface area contributed by atoms with Gasteiger partial charge in [-0.05, 0) is 25.1 Å². The molecule has 0 aliphatic carbocycles. The van der Waals surface area contributed by atoms with Gasteiger partial charge in [-0.15, -0.1) is 0 Å². The summed E-state index contributed by atoms with van der Waals surface area (Å²) in [5.74, 6) is 0.732. The zero-order valence-corrected chi connectivity index (χ0v) is 19.0. The minimum Gasteiger partial charge on any atom is -0.486 e. The summed E-state index contributed by atoms with van der Waals surface area (Å²) in [5.41, 5.74) is 4.10. The summed E-state index contributed by atoms with van der Waals surface area (Å²) in [4.78, 5) is 20.3. The van der Waals surface area contributed by atoms with Gasteiger partial charge in [0.2, 0.25) is 0 Å². The van der Waals surface area contributed by atoms with E-state index in [4.69, 9.17) is 26.1 Å². The van der Waals surface area contributed by atoms with Crippen molar-refractivity contribution in [1.82, 2.24) is 20.6 Å². The Balaban J connectivity index is 1.96. The van der Waals surface area contributed by atoms with E-state index in [0.717, 1.165) is 27.9 Å². The van der Waals surface area contributed by atoms with E-state index in [0.29, 0.717) is 22.1 Å². The first kappa shape index (κ1) is 23.1. The lowest BCUT2D eigenvalue weighted by Gasteiger charge is -2.16. The number of pyridine rings is 2. The zero-order chi connectivity index (χ0) is 23.1. The second-order valence-corrected chi connectivity index (χ2v) is 7.29. The van der Waals surface area contributed by atoms with Gasteiger partial charge < -0.3 is 20.1 Å². The van der Waals surface area contributed by atoms with Crippen LogP contribution in [0.2, 0.25) is 5.02 Å². The van der Waals surface area contributed by atoms with Crippen LogP contribution in [-0.4, -0.2) is 36.6 Å². The average molecular weight is 453 g/mol. The molecule has 1 aromatic carbocycles. The van der Waals surface area contributed by atoms with E-state index in [9.17, 15) is 4.79 Å². The van der Waals surface area contributed by atoms with Crippen LogP contribution in [0.3, 0.4) is 0 Å². The van der Waals surface area contributed by atoms with Crippen LogP contribution in [0.5, 0.6) is 11.5 Å². The standard InChI is InChI=1S/C24H25ClN4O3/c1-5-7-20(26-3)17-10-15(2)29-24-16(17)8-6-9-21(24)31-13-18-19(25)11-28-12-22(18)32-14-23(30)27-4/h5-12,26H,1,13-14H2,2-4H3,(H,27,30)/b20-7-. The summed E-state index contributed by atoms with van der Waals surface area (Å²) in [6.07, 6.45) is 6.67. The Kier molecular flexibility index (Phi) is 7.68. The maximum absolute atomic E-state index is 11.6. The summed E-state index contributed by atoms with van der Waals surface area (Å²) in [6.45, 7) is 5.70. The monoisotopic (exact) mass is 452 g/mol. The van der Waals surface area contributed by atoms with Crippen molar-refractivity contribution in [2.75, 3.05) is 20.7 Å². The summed E-state index contributed by atoms with van der Waals surface area (Å²) < 4.78 is 11.7. The van der Waals surface area contributed by atoms with Crippen molar-refractivity contribution >= 4 is 34.1 Å². The van der Waals surface area contributed by atoms with Crippen molar-refractivity contribution in [2.24, 2.45) is 0 Å². The van der Waals surface area contributed by atoms with E-state index in [2.05, 4.69) is 22.2 Å². The molecule has 166 valence electrons. The van der Waals surface area contributed by atoms with Crippen molar-refractivity contribution in [3.8, 4) is 11.5 Å². The molecule has 0 spiro atoms. The highest BCUT2D eigenvalue weighted by atomic mass is 35.5. The number of likely N-dealkylation sites (N-methyl/N-ethyl adjacent to an activating group) is 1. The summed E-state index contributed by atoms with van der Waals surface area (Å²) in [7, 11) is 3.41. The molecule has 0 saturated carbocycles. The van der Waals surface area contributed by atoms with Gasteiger partial charge in [0.25, 0.3) is 5.91 Å². The molecule has 8 heteroatoms. The van der Waals surface area contributed by atoms with Gasteiger partial charge in [0, 0.05) is 42.6 Å². The molecule has 0 aliphatic heterocycles. The molecule has 3 aromatic rings. The number of fused-ring (bicyclic) bond motifs is 1. The number of halogens is 1. The SMILES string of the molecule is C=C/C=C(\NC)c1cc(C)nc2c(OCc3c(Cl)cncc3OCC(=O)NC)cccc12.